The van der Waals surface area contributed by atoms with Crippen molar-refractivity contribution in [3.63, 3.8) is 0 Å². The van der Waals surface area contributed by atoms with Crippen LogP contribution in [-0.2, 0) is 6.54 Å². The minimum atomic E-state index is 0.0870. The Hall–Kier alpha value is -3.93. The number of likely N-dealkylation sites (tertiary alicyclic amines) is 1. The highest BCUT2D eigenvalue weighted by Crippen LogP contribution is 2.32. The lowest BCUT2D eigenvalue weighted by Crippen LogP contribution is -2.39. The SMILES string of the molecule is COc1ccccc1-c1cccc([C@@H]2CCCN(C(=O)c3ccccc3Cn3ccnc3C)C2)n1. The summed E-state index contributed by atoms with van der Waals surface area (Å²) in [5.74, 6) is 2.03. The molecule has 0 aliphatic carbocycles. The highest BCUT2D eigenvalue weighted by Gasteiger charge is 2.27. The molecule has 0 unspecified atom stereocenters. The molecular weight excluding hydrogens is 436 g/mol. The molecule has 178 valence electrons. The summed E-state index contributed by atoms with van der Waals surface area (Å²) in [6, 6.07) is 22.0. The van der Waals surface area contributed by atoms with Gasteiger partial charge in [-0.25, -0.2) is 4.98 Å². The molecule has 0 bridgehead atoms. The first-order valence-electron chi connectivity index (χ1n) is 12.1. The Morgan fingerprint density at radius 3 is 2.71 bits per heavy atom. The third-order valence-electron chi connectivity index (χ3n) is 6.79. The molecule has 4 aromatic rings. The smallest absolute Gasteiger partial charge is 0.254 e. The largest absolute Gasteiger partial charge is 0.496 e. The Morgan fingerprint density at radius 1 is 1.06 bits per heavy atom. The summed E-state index contributed by atoms with van der Waals surface area (Å²) in [5, 5.41) is 0. The van der Waals surface area contributed by atoms with Crippen LogP contribution in [0.5, 0.6) is 5.75 Å². The number of hydrogen-bond acceptors (Lipinski definition) is 4. The van der Waals surface area contributed by atoms with Crippen molar-refractivity contribution in [3.8, 4) is 17.0 Å². The van der Waals surface area contributed by atoms with E-state index in [1.165, 1.54) is 0 Å². The fourth-order valence-corrected chi connectivity index (χ4v) is 4.88. The van der Waals surface area contributed by atoms with Crippen molar-refractivity contribution < 1.29 is 9.53 Å². The molecule has 3 heterocycles. The number of nitrogens with zero attached hydrogens (tertiary/aromatic N) is 4. The standard InChI is InChI=1S/C29H30N4O2/c1-21-30-16-18-32(21)19-22-9-3-4-11-24(22)29(34)33-17-8-10-23(20-33)26-13-7-14-27(31-26)25-12-5-6-15-28(25)35-2/h3-7,9,11-16,18,23H,8,10,17,19-20H2,1-2H3/t23-/m1/s1. The van der Waals surface area contributed by atoms with Gasteiger partial charge in [-0.05, 0) is 55.7 Å². The van der Waals surface area contributed by atoms with Crippen LogP contribution < -0.4 is 4.74 Å². The Kier molecular flexibility index (Phi) is 6.62. The molecule has 1 aliphatic rings. The third kappa shape index (κ3) is 4.83. The maximum Gasteiger partial charge on any atom is 0.254 e. The molecule has 1 saturated heterocycles. The molecule has 1 amide bonds. The summed E-state index contributed by atoms with van der Waals surface area (Å²) in [6.45, 7) is 4.04. The minimum Gasteiger partial charge on any atom is -0.496 e. The Balaban J connectivity index is 1.37. The Morgan fingerprint density at radius 2 is 1.89 bits per heavy atom. The highest BCUT2D eigenvalue weighted by atomic mass is 16.5. The van der Waals surface area contributed by atoms with Crippen molar-refractivity contribution in [2.45, 2.75) is 32.2 Å². The third-order valence-corrected chi connectivity index (χ3v) is 6.79. The molecular formula is C29H30N4O2. The van der Waals surface area contributed by atoms with Crippen LogP contribution in [0, 0.1) is 6.92 Å². The van der Waals surface area contributed by atoms with E-state index in [1.54, 1.807) is 13.3 Å². The number of hydrogen-bond donors (Lipinski definition) is 0. The van der Waals surface area contributed by atoms with Gasteiger partial charge in [-0.15, -0.1) is 0 Å². The number of aryl methyl sites for hydroxylation is 1. The molecule has 6 heteroatoms. The highest BCUT2D eigenvalue weighted by molar-refractivity contribution is 5.95. The number of methoxy groups -OCH3 is 1. The van der Waals surface area contributed by atoms with Gasteiger partial charge in [-0.2, -0.15) is 0 Å². The van der Waals surface area contributed by atoms with Gasteiger partial charge in [0.05, 0.1) is 12.8 Å². The van der Waals surface area contributed by atoms with Gasteiger partial charge in [-0.1, -0.05) is 36.4 Å². The number of imidazole rings is 1. The van der Waals surface area contributed by atoms with Crippen LogP contribution in [0.25, 0.3) is 11.3 Å². The molecule has 1 aliphatic heterocycles. The van der Waals surface area contributed by atoms with Crippen LogP contribution >= 0.6 is 0 Å². The van der Waals surface area contributed by atoms with Crippen molar-refractivity contribution >= 4 is 5.91 Å². The predicted octanol–water partition coefficient (Wildman–Crippen LogP) is 5.33. The van der Waals surface area contributed by atoms with E-state index in [9.17, 15) is 4.79 Å². The molecule has 1 fully saturated rings. The van der Waals surface area contributed by atoms with Gasteiger partial charge in [0.15, 0.2) is 0 Å². The molecule has 0 radical (unpaired) electrons. The van der Waals surface area contributed by atoms with Gasteiger partial charge >= 0.3 is 0 Å². The molecule has 2 aromatic carbocycles. The second-order valence-electron chi connectivity index (χ2n) is 9.00. The van der Waals surface area contributed by atoms with Gasteiger partial charge < -0.3 is 14.2 Å². The zero-order chi connectivity index (χ0) is 24.2. The van der Waals surface area contributed by atoms with Crippen LogP contribution in [0.1, 0.15) is 46.2 Å². The molecule has 1 atom stereocenters. The van der Waals surface area contributed by atoms with Crippen molar-refractivity contribution in [2.24, 2.45) is 0 Å². The maximum absolute atomic E-state index is 13.6. The molecule has 2 aromatic heterocycles. The first-order valence-corrected chi connectivity index (χ1v) is 12.1. The van der Waals surface area contributed by atoms with E-state index in [4.69, 9.17) is 9.72 Å². The number of ether oxygens (including phenoxy) is 1. The van der Waals surface area contributed by atoms with Gasteiger partial charge in [0.1, 0.15) is 11.6 Å². The number of aromatic nitrogens is 3. The molecule has 5 rings (SSSR count). The minimum absolute atomic E-state index is 0.0870. The number of para-hydroxylation sites is 1. The summed E-state index contributed by atoms with van der Waals surface area (Å²) >= 11 is 0. The number of rotatable bonds is 6. The number of piperidine rings is 1. The fourth-order valence-electron chi connectivity index (χ4n) is 4.88. The van der Waals surface area contributed by atoms with Gasteiger partial charge in [-0.3, -0.25) is 9.78 Å². The van der Waals surface area contributed by atoms with E-state index in [2.05, 4.69) is 15.6 Å². The maximum atomic E-state index is 13.6. The van der Waals surface area contributed by atoms with E-state index >= 15 is 0 Å². The van der Waals surface area contributed by atoms with Gasteiger partial charge in [0, 0.05) is 54.8 Å². The van der Waals surface area contributed by atoms with Crippen molar-refractivity contribution in [1.29, 1.82) is 0 Å². The first kappa shape index (κ1) is 22.8. The van der Waals surface area contributed by atoms with Crippen LogP contribution in [0.4, 0.5) is 0 Å². The van der Waals surface area contributed by atoms with Crippen LogP contribution in [0.3, 0.4) is 0 Å². The second-order valence-corrected chi connectivity index (χ2v) is 9.00. The zero-order valence-electron chi connectivity index (χ0n) is 20.2. The second kappa shape index (κ2) is 10.1. The van der Waals surface area contributed by atoms with E-state index in [-0.39, 0.29) is 11.8 Å². The average Bonchev–Trinajstić information content (AvgIpc) is 3.32. The van der Waals surface area contributed by atoms with Gasteiger partial charge in [0.25, 0.3) is 5.91 Å². The lowest BCUT2D eigenvalue weighted by atomic mass is 9.93. The monoisotopic (exact) mass is 466 g/mol. The molecule has 0 N–H and O–H groups in total. The number of carbonyl (C=O) groups excluding carboxylic acids is 1. The summed E-state index contributed by atoms with van der Waals surface area (Å²) in [4.78, 5) is 24.9. The number of amides is 1. The normalized spacial score (nSPS) is 15.7. The van der Waals surface area contributed by atoms with E-state index in [1.807, 2.05) is 78.7 Å². The average molecular weight is 467 g/mol. The molecule has 0 saturated carbocycles. The summed E-state index contributed by atoms with van der Waals surface area (Å²) in [5.41, 5.74) is 4.66. The van der Waals surface area contributed by atoms with Crippen LogP contribution in [0.2, 0.25) is 0 Å². The van der Waals surface area contributed by atoms with Crippen molar-refractivity contribution in [3.05, 3.63) is 102 Å². The van der Waals surface area contributed by atoms with Gasteiger partial charge in [0.2, 0.25) is 0 Å². The van der Waals surface area contributed by atoms with E-state index < -0.39 is 0 Å². The molecule has 0 spiro atoms. The zero-order valence-corrected chi connectivity index (χ0v) is 20.2. The quantitative estimate of drug-likeness (QED) is 0.385. The summed E-state index contributed by atoms with van der Waals surface area (Å²) in [6.07, 6.45) is 5.72. The first-order chi connectivity index (χ1) is 17.1. The summed E-state index contributed by atoms with van der Waals surface area (Å²) < 4.78 is 7.61. The number of carbonyl (C=O) groups is 1. The van der Waals surface area contributed by atoms with Crippen LogP contribution in [0.15, 0.2) is 79.1 Å². The van der Waals surface area contributed by atoms with Crippen LogP contribution in [-0.4, -0.2) is 45.5 Å². The Bertz CT molecular complexity index is 1330. The Labute approximate surface area is 206 Å². The predicted molar refractivity (Wildman–Crippen MR) is 137 cm³/mol. The molecule has 6 nitrogen and oxygen atoms in total. The lowest BCUT2D eigenvalue weighted by molar-refractivity contribution is 0.0704. The van der Waals surface area contributed by atoms with Crippen molar-refractivity contribution in [1.82, 2.24) is 19.4 Å². The molecule has 35 heavy (non-hydrogen) atoms. The number of benzene rings is 2. The summed E-state index contributed by atoms with van der Waals surface area (Å²) in [7, 11) is 1.68. The van der Waals surface area contributed by atoms with E-state index in [0.717, 1.165) is 59.0 Å². The lowest BCUT2D eigenvalue weighted by Gasteiger charge is -2.33. The number of pyridine rings is 1. The fraction of sp³-hybridized carbons (Fsp3) is 0.276. The topological polar surface area (TPSA) is 60.2 Å². The van der Waals surface area contributed by atoms with Crippen molar-refractivity contribution in [2.75, 3.05) is 20.2 Å². The van der Waals surface area contributed by atoms with E-state index in [0.29, 0.717) is 13.1 Å².